The third-order valence-electron chi connectivity index (χ3n) is 2.68. The molecular formula is C12H8ClF3N2O2. The van der Waals surface area contributed by atoms with Crippen LogP contribution in [-0.2, 0) is 13.2 Å². The lowest BCUT2D eigenvalue weighted by Crippen LogP contribution is -2.40. The molecule has 0 aliphatic rings. The molecule has 2 aromatic rings. The quantitative estimate of drug-likeness (QED) is 0.811. The minimum absolute atomic E-state index is 0.108. The lowest BCUT2D eigenvalue weighted by atomic mass is 10.3. The van der Waals surface area contributed by atoms with Crippen LogP contribution in [0.15, 0.2) is 39.9 Å². The average molecular weight is 305 g/mol. The summed E-state index contributed by atoms with van der Waals surface area (Å²) in [5.74, 6) is 0. The molecule has 8 heteroatoms. The van der Waals surface area contributed by atoms with Crippen LogP contribution in [0.5, 0.6) is 0 Å². The van der Waals surface area contributed by atoms with E-state index in [1.165, 1.54) is 24.3 Å². The summed E-state index contributed by atoms with van der Waals surface area (Å²) in [7, 11) is 0.950. The summed E-state index contributed by atoms with van der Waals surface area (Å²) in [5.41, 5.74) is -3.35. The highest BCUT2D eigenvalue weighted by Gasteiger charge is 2.35. The predicted molar refractivity (Wildman–Crippen MR) is 67.3 cm³/mol. The molecule has 1 aromatic heterocycles. The van der Waals surface area contributed by atoms with E-state index in [0.29, 0.717) is 15.2 Å². The van der Waals surface area contributed by atoms with Crippen LogP contribution < -0.4 is 11.2 Å². The minimum atomic E-state index is -4.78. The molecule has 0 N–H and O–H groups in total. The summed E-state index contributed by atoms with van der Waals surface area (Å²) in [4.78, 5) is 23.7. The van der Waals surface area contributed by atoms with Crippen molar-refractivity contribution in [1.82, 2.24) is 9.13 Å². The normalized spacial score (nSPS) is 11.7. The van der Waals surface area contributed by atoms with Gasteiger partial charge in [-0.1, -0.05) is 17.7 Å². The Kier molecular flexibility index (Phi) is 3.47. The second-order valence-electron chi connectivity index (χ2n) is 4.02. The van der Waals surface area contributed by atoms with Gasteiger partial charge in [0.15, 0.2) is 0 Å². The van der Waals surface area contributed by atoms with Crippen LogP contribution in [0.1, 0.15) is 5.69 Å². The van der Waals surface area contributed by atoms with Gasteiger partial charge in [0.2, 0.25) is 0 Å². The van der Waals surface area contributed by atoms with Crippen molar-refractivity contribution in [2.24, 2.45) is 7.05 Å². The Hall–Kier alpha value is -2.02. The number of halogens is 4. The van der Waals surface area contributed by atoms with Gasteiger partial charge in [0, 0.05) is 18.1 Å². The highest BCUT2D eigenvalue weighted by Crippen LogP contribution is 2.27. The zero-order valence-corrected chi connectivity index (χ0v) is 10.9. The van der Waals surface area contributed by atoms with Crippen molar-refractivity contribution in [3.63, 3.8) is 0 Å². The molecule has 0 fully saturated rings. The maximum atomic E-state index is 12.7. The lowest BCUT2D eigenvalue weighted by Gasteiger charge is -2.13. The monoisotopic (exact) mass is 304 g/mol. The second kappa shape index (κ2) is 4.82. The van der Waals surface area contributed by atoms with Crippen molar-refractivity contribution in [3.05, 3.63) is 61.9 Å². The maximum absolute atomic E-state index is 12.7. The molecule has 4 nitrogen and oxygen atoms in total. The molecule has 1 heterocycles. The summed E-state index contributed by atoms with van der Waals surface area (Å²) in [6, 6.07) is 6.10. The van der Waals surface area contributed by atoms with Gasteiger partial charge in [-0.15, -0.1) is 0 Å². The van der Waals surface area contributed by atoms with Crippen LogP contribution in [0.2, 0.25) is 5.02 Å². The Balaban J connectivity index is 2.79. The van der Waals surface area contributed by atoms with E-state index in [-0.39, 0.29) is 10.7 Å². The molecule has 0 unspecified atom stereocenters. The number of rotatable bonds is 1. The number of aromatic nitrogens is 2. The van der Waals surface area contributed by atoms with Gasteiger partial charge in [0.25, 0.3) is 5.56 Å². The fraction of sp³-hybridized carbons (Fsp3) is 0.167. The van der Waals surface area contributed by atoms with E-state index in [9.17, 15) is 22.8 Å². The van der Waals surface area contributed by atoms with Crippen LogP contribution in [0.25, 0.3) is 5.69 Å². The molecule has 0 atom stereocenters. The fourth-order valence-electron chi connectivity index (χ4n) is 1.75. The first-order valence-corrected chi connectivity index (χ1v) is 5.76. The van der Waals surface area contributed by atoms with E-state index in [1.54, 1.807) is 0 Å². The van der Waals surface area contributed by atoms with Crippen LogP contribution in [-0.4, -0.2) is 9.13 Å². The smallest absolute Gasteiger partial charge is 0.292 e. The van der Waals surface area contributed by atoms with Crippen molar-refractivity contribution in [2.45, 2.75) is 6.18 Å². The van der Waals surface area contributed by atoms with Crippen molar-refractivity contribution in [3.8, 4) is 5.69 Å². The lowest BCUT2D eigenvalue weighted by molar-refractivity contribution is -0.144. The summed E-state index contributed by atoms with van der Waals surface area (Å²) in [6.07, 6.45) is -4.78. The summed E-state index contributed by atoms with van der Waals surface area (Å²) >= 11 is 5.74. The highest BCUT2D eigenvalue weighted by molar-refractivity contribution is 6.30. The van der Waals surface area contributed by atoms with E-state index in [2.05, 4.69) is 0 Å². The van der Waals surface area contributed by atoms with Crippen molar-refractivity contribution >= 4 is 11.6 Å². The number of benzene rings is 1. The molecule has 106 valence electrons. The van der Waals surface area contributed by atoms with E-state index in [4.69, 9.17) is 11.6 Å². The molecule has 0 aliphatic heterocycles. The fourth-order valence-corrected chi connectivity index (χ4v) is 1.94. The number of hydrogen-bond donors (Lipinski definition) is 0. The SMILES string of the molecule is Cn1c(C(F)(F)F)cc(=O)n(-c2cccc(Cl)c2)c1=O. The van der Waals surface area contributed by atoms with Crippen LogP contribution in [0.4, 0.5) is 13.2 Å². The largest absolute Gasteiger partial charge is 0.431 e. The van der Waals surface area contributed by atoms with Gasteiger partial charge in [-0.2, -0.15) is 13.2 Å². The van der Waals surface area contributed by atoms with Crippen LogP contribution in [0, 0.1) is 0 Å². The van der Waals surface area contributed by atoms with Gasteiger partial charge >= 0.3 is 11.9 Å². The molecule has 0 spiro atoms. The van der Waals surface area contributed by atoms with E-state index in [1.807, 2.05) is 0 Å². The first-order chi connectivity index (χ1) is 9.21. The molecular weight excluding hydrogens is 297 g/mol. The Morgan fingerprint density at radius 2 is 1.80 bits per heavy atom. The van der Waals surface area contributed by atoms with Crippen molar-refractivity contribution in [1.29, 1.82) is 0 Å². The summed E-state index contributed by atoms with van der Waals surface area (Å²) in [6.45, 7) is 0. The Morgan fingerprint density at radius 3 is 2.35 bits per heavy atom. The number of hydrogen-bond acceptors (Lipinski definition) is 2. The first kappa shape index (κ1) is 14.4. The molecule has 0 amide bonds. The topological polar surface area (TPSA) is 44.0 Å². The number of alkyl halides is 3. The zero-order chi connectivity index (χ0) is 15.1. The third-order valence-corrected chi connectivity index (χ3v) is 2.91. The standard InChI is InChI=1S/C12H8ClF3N2O2/c1-17-9(12(14,15)16)6-10(19)18(11(17)20)8-4-2-3-7(13)5-8/h2-6H,1H3. The van der Waals surface area contributed by atoms with Gasteiger partial charge in [0.1, 0.15) is 5.69 Å². The maximum Gasteiger partial charge on any atom is 0.431 e. The Morgan fingerprint density at radius 1 is 1.15 bits per heavy atom. The molecule has 0 aliphatic carbocycles. The molecule has 1 aromatic carbocycles. The summed E-state index contributed by atoms with van der Waals surface area (Å²) < 4.78 is 39.0. The average Bonchev–Trinajstić information content (AvgIpc) is 2.33. The minimum Gasteiger partial charge on any atom is -0.292 e. The summed E-state index contributed by atoms with van der Waals surface area (Å²) in [5, 5.41) is 0.261. The van der Waals surface area contributed by atoms with E-state index in [0.717, 1.165) is 7.05 Å². The van der Waals surface area contributed by atoms with Gasteiger partial charge in [-0.3, -0.25) is 9.36 Å². The van der Waals surface area contributed by atoms with Gasteiger partial charge < -0.3 is 0 Å². The second-order valence-corrected chi connectivity index (χ2v) is 4.46. The Labute approximate surface area is 115 Å². The molecule has 2 rings (SSSR count). The first-order valence-electron chi connectivity index (χ1n) is 5.38. The number of nitrogens with zero attached hydrogens (tertiary/aromatic N) is 2. The van der Waals surface area contributed by atoms with Gasteiger partial charge in [-0.25, -0.2) is 9.36 Å². The Bertz CT molecular complexity index is 777. The van der Waals surface area contributed by atoms with Gasteiger partial charge in [-0.05, 0) is 18.2 Å². The molecule has 0 bridgehead atoms. The van der Waals surface area contributed by atoms with Crippen LogP contribution >= 0.6 is 11.6 Å². The van der Waals surface area contributed by atoms with Crippen LogP contribution in [0.3, 0.4) is 0 Å². The molecule has 0 radical (unpaired) electrons. The van der Waals surface area contributed by atoms with E-state index >= 15 is 0 Å². The van der Waals surface area contributed by atoms with Crippen molar-refractivity contribution < 1.29 is 13.2 Å². The van der Waals surface area contributed by atoms with Crippen molar-refractivity contribution in [2.75, 3.05) is 0 Å². The molecule has 0 saturated heterocycles. The predicted octanol–water partition coefficient (Wildman–Crippen LogP) is 2.21. The molecule has 20 heavy (non-hydrogen) atoms. The third kappa shape index (κ3) is 2.49. The van der Waals surface area contributed by atoms with Gasteiger partial charge in [0.05, 0.1) is 5.69 Å². The highest BCUT2D eigenvalue weighted by atomic mass is 35.5. The van der Waals surface area contributed by atoms with E-state index < -0.39 is 23.1 Å². The molecule has 0 saturated carbocycles. The zero-order valence-electron chi connectivity index (χ0n) is 10.1.